The standard InChI is InChI=1S/C20H18ClN3O3/c1-2-26-17-8-6-16(7-9-17)24-12-14(11-18(24)25)20-22-19(23-27-20)13-4-3-5-15(21)10-13/h3-10,14H,2,11-12H2,1H3. The molecule has 1 atom stereocenters. The van der Waals surface area contributed by atoms with Crippen LogP contribution in [0.4, 0.5) is 5.69 Å². The minimum absolute atomic E-state index is 0.0339. The summed E-state index contributed by atoms with van der Waals surface area (Å²) in [5.74, 6) is 1.62. The van der Waals surface area contributed by atoms with Crippen molar-refractivity contribution >= 4 is 23.2 Å². The maximum Gasteiger partial charge on any atom is 0.232 e. The number of amides is 1. The monoisotopic (exact) mass is 383 g/mol. The van der Waals surface area contributed by atoms with Gasteiger partial charge < -0.3 is 14.2 Å². The van der Waals surface area contributed by atoms with Gasteiger partial charge in [0.2, 0.25) is 17.6 Å². The molecule has 1 aromatic heterocycles. The van der Waals surface area contributed by atoms with Crippen molar-refractivity contribution < 1.29 is 14.1 Å². The van der Waals surface area contributed by atoms with Gasteiger partial charge in [-0.3, -0.25) is 4.79 Å². The Labute approximate surface area is 161 Å². The molecule has 138 valence electrons. The van der Waals surface area contributed by atoms with Gasteiger partial charge in [-0.1, -0.05) is 28.9 Å². The predicted molar refractivity (Wildman–Crippen MR) is 102 cm³/mol. The van der Waals surface area contributed by atoms with Crippen molar-refractivity contribution in [3.05, 3.63) is 59.4 Å². The second kappa shape index (κ2) is 7.40. The van der Waals surface area contributed by atoms with Crippen LogP contribution >= 0.6 is 11.6 Å². The number of carbonyl (C=O) groups is 1. The summed E-state index contributed by atoms with van der Waals surface area (Å²) >= 11 is 6.02. The van der Waals surface area contributed by atoms with Gasteiger partial charge in [-0.05, 0) is 43.3 Å². The minimum Gasteiger partial charge on any atom is -0.494 e. The van der Waals surface area contributed by atoms with E-state index < -0.39 is 0 Å². The topological polar surface area (TPSA) is 68.5 Å². The molecule has 0 spiro atoms. The highest BCUT2D eigenvalue weighted by Crippen LogP contribution is 2.32. The highest BCUT2D eigenvalue weighted by molar-refractivity contribution is 6.30. The Morgan fingerprint density at radius 3 is 2.81 bits per heavy atom. The van der Waals surface area contributed by atoms with Crippen molar-refractivity contribution in [3.63, 3.8) is 0 Å². The first-order valence-corrected chi connectivity index (χ1v) is 9.14. The lowest BCUT2D eigenvalue weighted by Gasteiger charge is -2.16. The molecule has 1 aliphatic heterocycles. The summed E-state index contributed by atoms with van der Waals surface area (Å²) in [6, 6.07) is 14.8. The number of hydrogen-bond donors (Lipinski definition) is 0. The highest BCUT2D eigenvalue weighted by Gasteiger charge is 2.35. The van der Waals surface area contributed by atoms with Crippen molar-refractivity contribution in [1.29, 1.82) is 0 Å². The number of ether oxygens (including phenoxy) is 1. The van der Waals surface area contributed by atoms with Crippen LogP contribution in [0.3, 0.4) is 0 Å². The Hall–Kier alpha value is -2.86. The lowest BCUT2D eigenvalue weighted by Crippen LogP contribution is -2.24. The number of hydrogen-bond acceptors (Lipinski definition) is 5. The smallest absolute Gasteiger partial charge is 0.232 e. The zero-order valence-electron chi connectivity index (χ0n) is 14.8. The van der Waals surface area contributed by atoms with Crippen molar-refractivity contribution in [2.45, 2.75) is 19.3 Å². The number of benzene rings is 2. The fraction of sp³-hybridized carbons (Fsp3) is 0.250. The summed E-state index contributed by atoms with van der Waals surface area (Å²) in [5.41, 5.74) is 1.62. The third kappa shape index (κ3) is 3.66. The number of aromatic nitrogens is 2. The highest BCUT2D eigenvalue weighted by atomic mass is 35.5. The summed E-state index contributed by atoms with van der Waals surface area (Å²) in [6.07, 6.45) is 0.338. The molecule has 6 nitrogen and oxygen atoms in total. The van der Waals surface area contributed by atoms with E-state index in [0.717, 1.165) is 17.0 Å². The van der Waals surface area contributed by atoms with E-state index in [-0.39, 0.29) is 11.8 Å². The second-order valence-corrected chi connectivity index (χ2v) is 6.74. The molecule has 0 saturated carbocycles. The van der Waals surface area contributed by atoms with Crippen LogP contribution in [0.15, 0.2) is 53.1 Å². The second-order valence-electron chi connectivity index (χ2n) is 6.30. The molecule has 1 unspecified atom stereocenters. The quantitative estimate of drug-likeness (QED) is 0.656. The molecule has 1 fully saturated rings. The normalized spacial score (nSPS) is 16.7. The molecular formula is C20H18ClN3O3. The maximum absolute atomic E-state index is 12.5. The molecular weight excluding hydrogens is 366 g/mol. The van der Waals surface area contributed by atoms with Gasteiger partial charge in [0.05, 0.1) is 12.5 Å². The van der Waals surface area contributed by atoms with E-state index >= 15 is 0 Å². The van der Waals surface area contributed by atoms with Crippen LogP contribution < -0.4 is 9.64 Å². The summed E-state index contributed by atoms with van der Waals surface area (Å²) in [4.78, 5) is 18.7. The summed E-state index contributed by atoms with van der Waals surface area (Å²) in [5, 5.41) is 4.64. The van der Waals surface area contributed by atoms with E-state index in [0.29, 0.717) is 36.3 Å². The van der Waals surface area contributed by atoms with Gasteiger partial charge in [0.1, 0.15) is 5.75 Å². The lowest BCUT2D eigenvalue weighted by atomic mass is 10.1. The van der Waals surface area contributed by atoms with E-state index in [4.69, 9.17) is 20.9 Å². The molecule has 0 radical (unpaired) electrons. The number of anilines is 1. The molecule has 4 rings (SSSR count). The predicted octanol–water partition coefficient (Wildman–Crippen LogP) is 4.31. The molecule has 0 aliphatic carbocycles. The summed E-state index contributed by atoms with van der Waals surface area (Å²) < 4.78 is 10.9. The van der Waals surface area contributed by atoms with Gasteiger partial charge in [-0.25, -0.2) is 0 Å². The van der Waals surface area contributed by atoms with Gasteiger partial charge in [0.15, 0.2) is 0 Å². The van der Waals surface area contributed by atoms with Crippen LogP contribution in [0, 0.1) is 0 Å². The average Bonchev–Trinajstić information content (AvgIpc) is 3.30. The SMILES string of the molecule is CCOc1ccc(N2CC(c3nc(-c4cccc(Cl)c4)no3)CC2=O)cc1. The third-order valence-electron chi connectivity index (χ3n) is 4.46. The molecule has 3 aromatic rings. The summed E-state index contributed by atoms with van der Waals surface area (Å²) in [6.45, 7) is 3.05. The lowest BCUT2D eigenvalue weighted by molar-refractivity contribution is -0.117. The molecule has 27 heavy (non-hydrogen) atoms. The van der Waals surface area contributed by atoms with Crippen LogP contribution in [-0.4, -0.2) is 29.2 Å². The van der Waals surface area contributed by atoms with Gasteiger partial charge in [0.25, 0.3) is 0 Å². The van der Waals surface area contributed by atoms with Crippen molar-refractivity contribution in [3.8, 4) is 17.1 Å². The van der Waals surface area contributed by atoms with Gasteiger partial charge >= 0.3 is 0 Å². The fourth-order valence-corrected chi connectivity index (χ4v) is 3.35. The Balaban J connectivity index is 1.51. The molecule has 1 saturated heterocycles. The van der Waals surface area contributed by atoms with Crippen LogP contribution in [-0.2, 0) is 4.79 Å². The molecule has 0 bridgehead atoms. The minimum atomic E-state index is -0.135. The van der Waals surface area contributed by atoms with E-state index in [9.17, 15) is 4.79 Å². The van der Waals surface area contributed by atoms with Crippen LogP contribution in [0.2, 0.25) is 5.02 Å². The van der Waals surface area contributed by atoms with Gasteiger partial charge in [-0.2, -0.15) is 4.98 Å². The number of nitrogens with zero attached hydrogens (tertiary/aromatic N) is 3. The van der Waals surface area contributed by atoms with Crippen LogP contribution in [0.1, 0.15) is 25.2 Å². The van der Waals surface area contributed by atoms with Crippen molar-refractivity contribution in [2.75, 3.05) is 18.1 Å². The zero-order valence-corrected chi connectivity index (χ0v) is 15.5. The number of rotatable bonds is 5. The number of halogens is 1. The fourth-order valence-electron chi connectivity index (χ4n) is 3.16. The first kappa shape index (κ1) is 17.5. The molecule has 7 heteroatoms. The Morgan fingerprint density at radius 2 is 2.07 bits per heavy atom. The van der Waals surface area contributed by atoms with Crippen LogP contribution in [0.25, 0.3) is 11.4 Å². The Kier molecular flexibility index (Phi) is 4.81. The van der Waals surface area contributed by atoms with E-state index in [1.807, 2.05) is 43.3 Å². The third-order valence-corrected chi connectivity index (χ3v) is 4.69. The molecule has 2 heterocycles. The Morgan fingerprint density at radius 1 is 1.26 bits per heavy atom. The summed E-state index contributed by atoms with van der Waals surface area (Å²) in [7, 11) is 0. The van der Waals surface area contributed by atoms with E-state index in [1.54, 1.807) is 17.0 Å². The molecule has 2 aromatic carbocycles. The van der Waals surface area contributed by atoms with Crippen molar-refractivity contribution in [1.82, 2.24) is 10.1 Å². The average molecular weight is 384 g/mol. The van der Waals surface area contributed by atoms with Crippen LogP contribution in [0.5, 0.6) is 5.75 Å². The molecule has 1 aliphatic rings. The first-order chi connectivity index (χ1) is 13.1. The van der Waals surface area contributed by atoms with Gasteiger partial charge in [-0.15, -0.1) is 0 Å². The maximum atomic E-state index is 12.5. The number of carbonyl (C=O) groups excluding carboxylic acids is 1. The zero-order chi connectivity index (χ0) is 18.8. The molecule has 1 amide bonds. The van der Waals surface area contributed by atoms with Crippen molar-refractivity contribution in [2.24, 2.45) is 0 Å². The Bertz CT molecular complexity index is 955. The largest absolute Gasteiger partial charge is 0.494 e. The first-order valence-electron chi connectivity index (χ1n) is 8.77. The van der Waals surface area contributed by atoms with E-state index in [1.165, 1.54) is 0 Å². The molecule has 0 N–H and O–H groups in total. The van der Waals surface area contributed by atoms with Gasteiger partial charge in [0, 0.05) is 29.2 Å². The van der Waals surface area contributed by atoms with E-state index in [2.05, 4.69) is 10.1 Å².